The molecule has 11 heteroatoms. The van der Waals surface area contributed by atoms with Crippen molar-refractivity contribution in [2.75, 3.05) is 17.3 Å². The lowest BCUT2D eigenvalue weighted by Gasteiger charge is -2.20. The van der Waals surface area contributed by atoms with E-state index in [0.29, 0.717) is 33.3 Å². The Morgan fingerprint density at radius 2 is 1.87 bits per heavy atom. The molecule has 3 heterocycles. The van der Waals surface area contributed by atoms with Gasteiger partial charge in [-0.2, -0.15) is 15.4 Å². The van der Waals surface area contributed by atoms with Gasteiger partial charge in [0.15, 0.2) is 0 Å². The number of amides is 2. The lowest BCUT2D eigenvalue weighted by molar-refractivity contribution is 0.0630. The molecule has 0 atom stereocenters. The molecule has 0 saturated heterocycles. The van der Waals surface area contributed by atoms with Crippen molar-refractivity contribution < 1.29 is 14.7 Å². The van der Waals surface area contributed by atoms with Gasteiger partial charge in [0.2, 0.25) is 5.95 Å². The molecule has 194 valence electrons. The third kappa shape index (κ3) is 5.06. The van der Waals surface area contributed by atoms with E-state index in [4.69, 9.17) is 0 Å². The van der Waals surface area contributed by atoms with Crippen LogP contribution in [-0.2, 0) is 6.54 Å². The lowest BCUT2D eigenvalue weighted by Crippen LogP contribution is -2.27. The molecule has 0 aliphatic rings. The maximum atomic E-state index is 13.2. The number of carbonyl (C=O) groups excluding carboxylic acids is 2. The monoisotopic (exact) mass is 529 g/mol. The number of aliphatic hydroxyl groups is 1. The maximum absolute atomic E-state index is 13.2. The molecule has 0 radical (unpaired) electrons. The highest BCUT2D eigenvalue weighted by Crippen LogP contribution is 2.30. The molecule has 0 bridgehead atoms. The summed E-state index contributed by atoms with van der Waals surface area (Å²) < 4.78 is 1.77. The number of aryl methyl sites for hydroxylation is 1. The number of nitrogens with one attached hydrogen (secondary N) is 2. The van der Waals surface area contributed by atoms with Crippen LogP contribution in [0.3, 0.4) is 0 Å². The maximum Gasteiger partial charge on any atom is 0.268 e. The van der Waals surface area contributed by atoms with Gasteiger partial charge in [0.25, 0.3) is 11.8 Å². The Morgan fingerprint density at radius 3 is 2.55 bits per heavy atom. The molecule has 3 N–H and O–H groups in total. The van der Waals surface area contributed by atoms with Crippen molar-refractivity contribution in [2.45, 2.75) is 32.9 Å². The first-order valence-electron chi connectivity index (χ1n) is 12.0. The van der Waals surface area contributed by atoms with Crippen LogP contribution >= 0.6 is 11.3 Å². The van der Waals surface area contributed by atoms with Crippen LogP contribution in [0.1, 0.15) is 39.6 Å². The number of carbonyl (C=O) groups is 2. The van der Waals surface area contributed by atoms with Crippen LogP contribution in [0, 0.1) is 6.92 Å². The zero-order chi connectivity index (χ0) is 27.0. The molecule has 0 fully saturated rings. The van der Waals surface area contributed by atoms with E-state index in [1.807, 2.05) is 43.3 Å². The second-order valence-electron chi connectivity index (χ2n) is 9.61. The number of hydrogen-bond donors (Lipinski definition) is 3. The largest absolute Gasteiger partial charge is 0.389 e. The summed E-state index contributed by atoms with van der Waals surface area (Å²) in [5.74, 6) is -0.176. The average molecular weight is 530 g/mol. The molecule has 0 saturated carbocycles. The first-order valence-corrected chi connectivity index (χ1v) is 12.8. The number of hydrogen-bond acceptors (Lipinski definition) is 7. The standard InChI is InChI=1S/C27H27N7O3S/c1-16-23(31-32-30-16)21-12-13-22(38-21)24(35)29-26-28-19-14-18(10-11-20(19)34(26)15-27(2,3)37)33(4)25(36)17-8-6-5-7-9-17/h5-14,37H,15H2,1-4H3,(H,28,29,35)(H,30,31,32). The van der Waals surface area contributed by atoms with Gasteiger partial charge in [-0.05, 0) is 63.2 Å². The number of rotatable bonds is 7. The van der Waals surface area contributed by atoms with Gasteiger partial charge in [-0.25, -0.2) is 4.98 Å². The number of thiophene rings is 1. The minimum absolute atomic E-state index is 0.148. The minimum atomic E-state index is -1.06. The quantitative estimate of drug-likeness (QED) is 0.285. The Balaban J connectivity index is 1.46. The third-order valence-corrected chi connectivity index (χ3v) is 7.09. The number of nitrogens with zero attached hydrogens (tertiary/aromatic N) is 5. The molecular weight excluding hydrogens is 502 g/mol. The Morgan fingerprint density at radius 1 is 1.11 bits per heavy atom. The highest BCUT2D eigenvalue weighted by molar-refractivity contribution is 7.17. The SMILES string of the molecule is Cc1n[nH]nc1-c1ccc(C(=O)Nc2nc3cc(N(C)C(=O)c4ccccc4)ccc3n2CC(C)(C)O)s1. The van der Waals surface area contributed by atoms with Crippen LogP contribution in [0.5, 0.6) is 0 Å². The first kappa shape index (κ1) is 25.3. The molecule has 2 amide bonds. The van der Waals surface area contributed by atoms with Crippen LogP contribution in [0.4, 0.5) is 11.6 Å². The Hall–Kier alpha value is -4.35. The van der Waals surface area contributed by atoms with E-state index in [-0.39, 0.29) is 18.4 Å². The second kappa shape index (κ2) is 9.84. The molecule has 38 heavy (non-hydrogen) atoms. The molecule has 3 aromatic heterocycles. The molecular formula is C27H27N7O3S. The number of H-pyrrole nitrogens is 1. The molecule has 0 aliphatic heterocycles. The third-order valence-electron chi connectivity index (χ3n) is 6.00. The van der Waals surface area contributed by atoms with Gasteiger partial charge in [-0.1, -0.05) is 18.2 Å². The van der Waals surface area contributed by atoms with E-state index in [1.165, 1.54) is 11.3 Å². The molecule has 0 spiro atoms. The van der Waals surface area contributed by atoms with Gasteiger partial charge in [0.05, 0.1) is 38.6 Å². The Kier molecular flexibility index (Phi) is 6.55. The van der Waals surface area contributed by atoms with Crippen LogP contribution in [0.15, 0.2) is 60.7 Å². The molecule has 5 aromatic rings. The van der Waals surface area contributed by atoms with Crippen molar-refractivity contribution in [3.05, 3.63) is 76.8 Å². The number of aromatic amines is 1. The van der Waals surface area contributed by atoms with Crippen LogP contribution in [-0.4, -0.2) is 54.5 Å². The summed E-state index contributed by atoms with van der Waals surface area (Å²) in [6.45, 7) is 5.43. The summed E-state index contributed by atoms with van der Waals surface area (Å²) in [5.41, 5.74) is 2.92. The van der Waals surface area contributed by atoms with Gasteiger partial charge in [0, 0.05) is 18.3 Å². The van der Waals surface area contributed by atoms with Crippen LogP contribution in [0.25, 0.3) is 21.6 Å². The van der Waals surface area contributed by atoms with Gasteiger partial charge in [-0.15, -0.1) is 11.3 Å². The smallest absolute Gasteiger partial charge is 0.268 e. The van der Waals surface area contributed by atoms with Crippen LogP contribution in [0.2, 0.25) is 0 Å². The van der Waals surface area contributed by atoms with Crippen molar-refractivity contribution in [3.63, 3.8) is 0 Å². The number of anilines is 2. The van der Waals surface area contributed by atoms with Gasteiger partial charge in [-0.3, -0.25) is 14.9 Å². The first-order chi connectivity index (χ1) is 18.1. The fraction of sp³-hybridized carbons (Fsp3) is 0.222. The number of imidazole rings is 1. The molecule has 5 rings (SSSR count). The van der Waals surface area contributed by atoms with Gasteiger partial charge in [0.1, 0.15) is 5.69 Å². The van der Waals surface area contributed by atoms with E-state index in [0.717, 1.165) is 16.1 Å². The highest BCUT2D eigenvalue weighted by Gasteiger charge is 2.23. The molecule has 0 unspecified atom stereocenters. The van der Waals surface area contributed by atoms with Crippen molar-refractivity contribution in [2.24, 2.45) is 0 Å². The summed E-state index contributed by atoms with van der Waals surface area (Å²) >= 11 is 1.30. The summed E-state index contributed by atoms with van der Waals surface area (Å²) in [6.07, 6.45) is 0. The normalized spacial score (nSPS) is 11.6. The van der Waals surface area contributed by atoms with Gasteiger partial charge >= 0.3 is 0 Å². The summed E-state index contributed by atoms with van der Waals surface area (Å²) in [6, 6.07) is 18.1. The Labute approximate surface area is 222 Å². The van der Waals surface area contributed by atoms with E-state index in [2.05, 4.69) is 25.7 Å². The predicted octanol–water partition coefficient (Wildman–Crippen LogP) is 4.49. The van der Waals surface area contributed by atoms with E-state index < -0.39 is 5.60 Å². The molecule has 10 nitrogen and oxygen atoms in total. The van der Waals surface area contributed by atoms with E-state index in [9.17, 15) is 14.7 Å². The highest BCUT2D eigenvalue weighted by atomic mass is 32.1. The number of aromatic nitrogens is 5. The zero-order valence-electron chi connectivity index (χ0n) is 21.4. The predicted molar refractivity (Wildman–Crippen MR) is 148 cm³/mol. The van der Waals surface area contributed by atoms with E-state index in [1.54, 1.807) is 54.6 Å². The van der Waals surface area contributed by atoms with Crippen molar-refractivity contribution >= 4 is 45.8 Å². The fourth-order valence-electron chi connectivity index (χ4n) is 4.13. The van der Waals surface area contributed by atoms with Crippen molar-refractivity contribution in [1.82, 2.24) is 25.0 Å². The Bertz CT molecular complexity index is 1630. The van der Waals surface area contributed by atoms with E-state index >= 15 is 0 Å². The van der Waals surface area contributed by atoms with Crippen molar-refractivity contribution in [3.8, 4) is 10.6 Å². The second-order valence-corrected chi connectivity index (χ2v) is 10.7. The lowest BCUT2D eigenvalue weighted by atomic mass is 10.1. The topological polar surface area (TPSA) is 129 Å². The minimum Gasteiger partial charge on any atom is -0.389 e. The molecule has 0 aliphatic carbocycles. The number of fused-ring (bicyclic) bond motifs is 1. The fourth-order valence-corrected chi connectivity index (χ4v) is 5.07. The average Bonchev–Trinajstić information content (AvgIpc) is 3.62. The summed E-state index contributed by atoms with van der Waals surface area (Å²) in [4.78, 5) is 33.7. The zero-order valence-corrected chi connectivity index (χ0v) is 22.2. The summed E-state index contributed by atoms with van der Waals surface area (Å²) in [7, 11) is 1.71. The van der Waals surface area contributed by atoms with Gasteiger partial charge < -0.3 is 14.6 Å². The molecule has 2 aromatic carbocycles. The number of benzene rings is 2. The summed E-state index contributed by atoms with van der Waals surface area (Å²) in [5, 5.41) is 24.3. The van der Waals surface area contributed by atoms with Crippen LogP contribution < -0.4 is 10.2 Å². The van der Waals surface area contributed by atoms with Crippen molar-refractivity contribution in [1.29, 1.82) is 0 Å².